The Kier molecular flexibility index (Phi) is 7.08. The Bertz CT molecular complexity index is 645. The molecule has 2 N–H and O–H groups in total. The first-order chi connectivity index (χ1) is 10.9. The fraction of sp³-hybridized carbons (Fsp3) is 0.444. The van der Waals surface area contributed by atoms with Crippen molar-refractivity contribution >= 4 is 40.7 Å². The number of aromatic nitrogens is 1. The van der Waals surface area contributed by atoms with Crippen LogP contribution in [0.3, 0.4) is 0 Å². The van der Waals surface area contributed by atoms with E-state index in [0.29, 0.717) is 12.6 Å². The maximum absolute atomic E-state index is 4.51. The molecule has 0 unspecified atom stereocenters. The third-order valence-corrected chi connectivity index (χ3v) is 4.35. The quantitative estimate of drug-likeness (QED) is 0.447. The summed E-state index contributed by atoms with van der Waals surface area (Å²) in [6, 6.07) is 11.0. The van der Waals surface area contributed by atoms with Crippen molar-refractivity contribution in [3.05, 3.63) is 42.2 Å². The van der Waals surface area contributed by atoms with Gasteiger partial charge in [-0.05, 0) is 24.3 Å². The van der Waals surface area contributed by atoms with E-state index in [9.17, 15) is 0 Å². The van der Waals surface area contributed by atoms with Gasteiger partial charge in [-0.3, -0.25) is 9.98 Å². The molecule has 124 valence electrons. The van der Waals surface area contributed by atoms with Crippen molar-refractivity contribution < 1.29 is 0 Å². The van der Waals surface area contributed by atoms with Crippen molar-refractivity contribution in [1.29, 1.82) is 0 Å². The summed E-state index contributed by atoms with van der Waals surface area (Å²) in [6.45, 7) is 0.688. The minimum absolute atomic E-state index is 0. The Morgan fingerprint density at radius 3 is 2.74 bits per heavy atom. The number of benzene rings is 1. The highest BCUT2D eigenvalue weighted by Crippen LogP contribution is 2.18. The molecule has 1 fully saturated rings. The predicted molar refractivity (Wildman–Crippen MR) is 107 cm³/mol. The summed E-state index contributed by atoms with van der Waals surface area (Å²) in [5.41, 5.74) is 1.06. The van der Waals surface area contributed by atoms with Crippen molar-refractivity contribution in [3.63, 3.8) is 0 Å². The molecule has 2 aromatic rings. The monoisotopic (exact) mass is 424 g/mol. The van der Waals surface area contributed by atoms with E-state index in [0.717, 1.165) is 11.7 Å². The zero-order chi connectivity index (χ0) is 15.2. The van der Waals surface area contributed by atoms with Gasteiger partial charge in [0.1, 0.15) is 0 Å². The Morgan fingerprint density at radius 1 is 1.17 bits per heavy atom. The predicted octanol–water partition coefficient (Wildman–Crippen LogP) is 3.85. The van der Waals surface area contributed by atoms with Crippen molar-refractivity contribution in [2.75, 3.05) is 7.05 Å². The zero-order valence-corrected chi connectivity index (χ0v) is 15.9. The molecule has 0 saturated heterocycles. The van der Waals surface area contributed by atoms with Gasteiger partial charge in [0.25, 0.3) is 0 Å². The first-order valence-corrected chi connectivity index (χ1v) is 8.16. The van der Waals surface area contributed by atoms with Crippen LogP contribution in [-0.4, -0.2) is 24.0 Å². The van der Waals surface area contributed by atoms with E-state index in [2.05, 4.69) is 44.9 Å². The first kappa shape index (κ1) is 18.0. The summed E-state index contributed by atoms with van der Waals surface area (Å²) in [4.78, 5) is 8.86. The largest absolute Gasteiger partial charge is 0.354 e. The summed E-state index contributed by atoms with van der Waals surface area (Å²) in [7, 11) is 1.83. The van der Waals surface area contributed by atoms with Crippen molar-refractivity contribution in [2.45, 2.75) is 44.7 Å². The fourth-order valence-electron chi connectivity index (χ4n) is 3.13. The highest BCUT2D eigenvalue weighted by atomic mass is 127. The molecule has 0 amide bonds. The molecule has 23 heavy (non-hydrogen) atoms. The second-order valence-electron chi connectivity index (χ2n) is 5.88. The number of hydrogen-bond donors (Lipinski definition) is 2. The molecule has 0 aliphatic heterocycles. The highest BCUT2D eigenvalue weighted by Gasteiger charge is 2.14. The third kappa shape index (κ3) is 4.80. The molecule has 1 heterocycles. The van der Waals surface area contributed by atoms with Gasteiger partial charge in [-0.25, -0.2) is 0 Å². The van der Waals surface area contributed by atoms with Gasteiger partial charge in [-0.1, -0.05) is 43.5 Å². The third-order valence-electron chi connectivity index (χ3n) is 4.35. The van der Waals surface area contributed by atoms with Crippen LogP contribution in [0.4, 0.5) is 0 Å². The standard InChI is InChI=1S/C18H24N4.HI/c1-19-18(22-15-8-3-2-4-9-15)21-13-17-16-10-6-5-7-14(16)11-12-20-17;/h5-7,10-12,15H,2-4,8-9,13H2,1H3,(H2,19,21,22);1H. The molecule has 5 heteroatoms. The molecule has 3 rings (SSSR count). The Labute approximate surface area is 155 Å². The lowest BCUT2D eigenvalue weighted by atomic mass is 9.96. The van der Waals surface area contributed by atoms with E-state index in [4.69, 9.17) is 0 Å². The summed E-state index contributed by atoms with van der Waals surface area (Å²) < 4.78 is 0. The van der Waals surface area contributed by atoms with Crippen molar-refractivity contribution in [1.82, 2.24) is 15.6 Å². The Morgan fingerprint density at radius 2 is 1.96 bits per heavy atom. The number of halogens is 1. The molecule has 1 aliphatic carbocycles. The molecule has 0 spiro atoms. The van der Waals surface area contributed by atoms with Crippen LogP contribution in [0.2, 0.25) is 0 Å². The number of nitrogens with zero attached hydrogens (tertiary/aromatic N) is 2. The minimum Gasteiger partial charge on any atom is -0.354 e. The van der Waals surface area contributed by atoms with Gasteiger partial charge in [0.2, 0.25) is 0 Å². The summed E-state index contributed by atoms with van der Waals surface area (Å²) in [5, 5.41) is 9.36. The summed E-state index contributed by atoms with van der Waals surface area (Å²) in [5.74, 6) is 0.877. The lowest BCUT2D eigenvalue weighted by Gasteiger charge is -2.24. The second-order valence-corrected chi connectivity index (χ2v) is 5.88. The molecule has 0 radical (unpaired) electrons. The Balaban J connectivity index is 0.00000192. The van der Waals surface area contributed by atoms with E-state index >= 15 is 0 Å². The molecular formula is C18H25IN4. The van der Waals surface area contributed by atoms with Crippen LogP contribution in [0, 0.1) is 0 Å². The molecule has 1 aromatic carbocycles. The van der Waals surface area contributed by atoms with Gasteiger partial charge in [0.15, 0.2) is 5.96 Å². The lowest BCUT2D eigenvalue weighted by molar-refractivity contribution is 0.410. The van der Waals surface area contributed by atoms with Crippen LogP contribution in [0.15, 0.2) is 41.5 Å². The van der Waals surface area contributed by atoms with Gasteiger partial charge in [0.05, 0.1) is 12.2 Å². The van der Waals surface area contributed by atoms with Crippen LogP contribution >= 0.6 is 24.0 Å². The highest BCUT2D eigenvalue weighted by molar-refractivity contribution is 14.0. The van der Waals surface area contributed by atoms with E-state index in [1.807, 2.05) is 19.3 Å². The van der Waals surface area contributed by atoms with E-state index in [-0.39, 0.29) is 24.0 Å². The molecule has 4 nitrogen and oxygen atoms in total. The molecular weight excluding hydrogens is 399 g/mol. The minimum atomic E-state index is 0. The molecule has 0 atom stereocenters. The average Bonchev–Trinajstić information content (AvgIpc) is 2.59. The fourth-order valence-corrected chi connectivity index (χ4v) is 3.13. The molecule has 1 saturated carbocycles. The second kappa shape index (κ2) is 9.05. The first-order valence-electron chi connectivity index (χ1n) is 8.16. The van der Waals surface area contributed by atoms with Gasteiger partial charge < -0.3 is 10.6 Å². The van der Waals surface area contributed by atoms with Crippen LogP contribution in [0.5, 0.6) is 0 Å². The Hall–Kier alpha value is -1.37. The number of rotatable bonds is 3. The number of guanidine groups is 1. The van der Waals surface area contributed by atoms with Gasteiger partial charge >= 0.3 is 0 Å². The van der Waals surface area contributed by atoms with Crippen molar-refractivity contribution in [3.8, 4) is 0 Å². The number of pyridine rings is 1. The number of nitrogens with one attached hydrogen (secondary N) is 2. The van der Waals surface area contributed by atoms with E-state index in [1.54, 1.807) is 0 Å². The lowest BCUT2D eigenvalue weighted by Crippen LogP contribution is -2.43. The smallest absolute Gasteiger partial charge is 0.191 e. The van der Waals surface area contributed by atoms with Gasteiger partial charge in [0, 0.05) is 24.7 Å². The molecule has 1 aliphatic rings. The van der Waals surface area contributed by atoms with Crippen LogP contribution in [-0.2, 0) is 6.54 Å². The number of fused-ring (bicyclic) bond motifs is 1. The SMILES string of the molecule is CN=C(NCc1nccc2ccccc12)NC1CCCCC1.I. The van der Waals surface area contributed by atoms with E-state index < -0.39 is 0 Å². The van der Waals surface area contributed by atoms with Crippen LogP contribution < -0.4 is 10.6 Å². The average molecular weight is 424 g/mol. The number of hydrogen-bond acceptors (Lipinski definition) is 2. The maximum Gasteiger partial charge on any atom is 0.191 e. The molecule has 1 aromatic heterocycles. The topological polar surface area (TPSA) is 49.3 Å². The summed E-state index contributed by atoms with van der Waals surface area (Å²) >= 11 is 0. The van der Waals surface area contributed by atoms with Crippen LogP contribution in [0.25, 0.3) is 10.8 Å². The normalized spacial score (nSPS) is 16.0. The number of aliphatic imine (C=N–C) groups is 1. The maximum atomic E-state index is 4.51. The molecule has 0 bridgehead atoms. The van der Waals surface area contributed by atoms with E-state index in [1.165, 1.54) is 42.9 Å². The van der Waals surface area contributed by atoms with Gasteiger partial charge in [-0.15, -0.1) is 24.0 Å². The van der Waals surface area contributed by atoms with Gasteiger partial charge in [-0.2, -0.15) is 0 Å². The van der Waals surface area contributed by atoms with Crippen LogP contribution in [0.1, 0.15) is 37.8 Å². The zero-order valence-electron chi connectivity index (χ0n) is 13.6. The van der Waals surface area contributed by atoms with Crippen molar-refractivity contribution in [2.24, 2.45) is 4.99 Å². The summed E-state index contributed by atoms with van der Waals surface area (Å²) in [6.07, 6.45) is 8.36.